The number of likely N-dealkylation sites (N-methyl/N-ethyl adjacent to an activating group) is 2. The van der Waals surface area contributed by atoms with Gasteiger partial charge in [-0.05, 0) is 57.2 Å². The van der Waals surface area contributed by atoms with Crippen LogP contribution in [0.1, 0.15) is 50.9 Å². The van der Waals surface area contributed by atoms with Crippen molar-refractivity contribution in [1.29, 1.82) is 0 Å². The third-order valence-electron chi connectivity index (χ3n) is 5.99. The molecule has 2 aromatic heterocycles. The standard InChI is InChI=1S/C14H23N3O3S.C12H19N3S2/c1-3-18-7-8-19-9-10-20-14-13(15-21-16-14)12-5-4-6-17(2)11-12;1-3-4-8-16-12-11(13-17-14-12)10-6-5-7-15(2)9-10/h5H,3-4,6-11H2,1-2H3;6H,3-5,7-9H2,1-2H3. The molecule has 2 aliphatic rings. The highest BCUT2D eigenvalue weighted by Gasteiger charge is 2.19. The first-order valence-corrected chi connectivity index (χ1v) is 15.9. The van der Waals surface area contributed by atoms with Gasteiger partial charge in [0.2, 0.25) is 0 Å². The van der Waals surface area contributed by atoms with E-state index in [9.17, 15) is 0 Å². The predicted molar refractivity (Wildman–Crippen MR) is 158 cm³/mol. The summed E-state index contributed by atoms with van der Waals surface area (Å²) in [5, 5.41) is 1.13. The van der Waals surface area contributed by atoms with Crippen LogP contribution in [0.25, 0.3) is 11.1 Å². The molecule has 2 aromatic rings. The Labute approximate surface area is 240 Å². The molecule has 0 spiro atoms. The number of nitrogens with zero attached hydrogens (tertiary/aromatic N) is 6. The Kier molecular flexibility index (Phi) is 14.8. The zero-order valence-electron chi connectivity index (χ0n) is 23.2. The van der Waals surface area contributed by atoms with Crippen molar-refractivity contribution in [3.05, 3.63) is 23.5 Å². The maximum absolute atomic E-state index is 5.68. The predicted octanol–water partition coefficient (Wildman–Crippen LogP) is 4.84. The number of hydrogen-bond donors (Lipinski definition) is 0. The van der Waals surface area contributed by atoms with Crippen LogP contribution in [0.3, 0.4) is 0 Å². The second-order valence-corrected chi connectivity index (χ2v) is 11.3. The molecule has 0 aliphatic carbocycles. The molecule has 0 aromatic carbocycles. The van der Waals surface area contributed by atoms with Gasteiger partial charge in [-0.15, -0.1) is 16.1 Å². The quantitative estimate of drug-likeness (QED) is 0.228. The highest BCUT2D eigenvalue weighted by atomic mass is 32.2. The zero-order valence-corrected chi connectivity index (χ0v) is 25.6. The molecule has 9 nitrogen and oxygen atoms in total. The van der Waals surface area contributed by atoms with E-state index in [1.54, 1.807) is 0 Å². The van der Waals surface area contributed by atoms with E-state index in [1.807, 2.05) is 18.7 Å². The maximum atomic E-state index is 5.68. The molecule has 0 radical (unpaired) electrons. The Morgan fingerprint density at radius 2 is 1.45 bits per heavy atom. The molecule has 0 fully saturated rings. The fraction of sp³-hybridized carbons (Fsp3) is 0.692. The summed E-state index contributed by atoms with van der Waals surface area (Å²) in [5.41, 5.74) is 4.56. The Bertz CT molecular complexity index is 997. The van der Waals surface area contributed by atoms with Crippen LogP contribution in [0.5, 0.6) is 5.88 Å². The molecule has 12 heteroatoms. The van der Waals surface area contributed by atoms with Crippen LogP contribution in [0, 0.1) is 0 Å². The van der Waals surface area contributed by atoms with Gasteiger partial charge >= 0.3 is 0 Å². The highest BCUT2D eigenvalue weighted by molar-refractivity contribution is 7.99. The van der Waals surface area contributed by atoms with Crippen molar-refractivity contribution < 1.29 is 14.2 Å². The van der Waals surface area contributed by atoms with Crippen molar-refractivity contribution >= 4 is 46.4 Å². The van der Waals surface area contributed by atoms with Gasteiger partial charge in [-0.25, -0.2) is 0 Å². The summed E-state index contributed by atoms with van der Waals surface area (Å²) in [6, 6.07) is 0. The maximum Gasteiger partial charge on any atom is 0.253 e. The van der Waals surface area contributed by atoms with E-state index < -0.39 is 0 Å². The summed E-state index contributed by atoms with van der Waals surface area (Å²) < 4.78 is 33.8. The zero-order chi connectivity index (χ0) is 27.0. The monoisotopic (exact) mass is 582 g/mol. The molecule has 0 unspecified atom stereocenters. The smallest absolute Gasteiger partial charge is 0.253 e. The molecule has 0 amide bonds. The number of hydrogen-bond acceptors (Lipinski definition) is 12. The van der Waals surface area contributed by atoms with Crippen molar-refractivity contribution in [2.45, 2.75) is 44.6 Å². The average Bonchev–Trinajstić information content (AvgIpc) is 3.59. The Hall–Kier alpha value is -1.41. The summed E-state index contributed by atoms with van der Waals surface area (Å²) in [7, 11) is 4.27. The molecule has 0 bridgehead atoms. The van der Waals surface area contributed by atoms with E-state index in [2.05, 4.69) is 60.5 Å². The lowest BCUT2D eigenvalue weighted by molar-refractivity contribution is 0.0400. The SMILES string of the molecule is CCCCSc1nsnc1C1=CCCN(C)C1.CCOCCOCCOc1nsnc1C1=CCCN(C)C1. The third kappa shape index (κ3) is 10.6. The molecule has 2 aliphatic heterocycles. The lowest BCUT2D eigenvalue weighted by Gasteiger charge is -2.22. The summed E-state index contributed by atoms with van der Waals surface area (Å²) in [4.78, 5) is 4.62. The average molecular weight is 583 g/mol. The Balaban J connectivity index is 0.000000215. The van der Waals surface area contributed by atoms with Crippen LogP contribution in [0.4, 0.5) is 0 Å². The second kappa shape index (κ2) is 18.0. The number of unbranched alkanes of at least 4 members (excludes halogenated alkanes) is 1. The van der Waals surface area contributed by atoms with Gasteiger partial charge in [0.15, 0.2) is 0 Å². The van der Waals surface area contributed by atoms with Gasteiger partial charge in [-0.2, -0.15) is 13.1 Å². The Morgan fingerprint density at radius 3 is 2.13 bits per heavy atom. The Morgan fingerprint density at radius 1 is 0.816 bits per heavy atom. The van der Waals surface area contributed by atoms with Crippen LogP contribution in [-0.4, -0.2) is 106 Å². The first kappa shape index (κ1) is 31.1. The molecular weight excluding hydrogens is 541 g/mol. The van der Waals surface area contributed by atoms with Crippen LogP contribution >= 0.6 is 35.2 Å². The van der Waals surface area contributed by atoms with Gasteiger partial charge in [0.25, 0.3) is 5.88 Å². The van der Waals surface area contributed by atoms with E-state index in [4.69, 9.17) is 14.2 Å². The van der Waals surface area contributed by atoms with E-state index >= 15 is 0 Å². The fourth-order valence-electron chi connectivity index (χ4n) is 3.95. The van der Waals surface area contributed by atoms with Crippen molar-refractivity contribution in [2.75, 3.05) is 79.1 Å². The molecule has 4 heterocycles. The molecule has 4 rings (SSSR count). The molecular formula is C26H42N6O3S3. The summed E-state index contributed by atoms with van der Waals surface area (Å²) >= 11 is 4.38. The van der Waals surface area contributed by atoms with Gasteiger partial charge in [0.05, 0.1) is 43.3 Å². The number of thioether (sulfide) groups is 1. The van der Waals surface area contributed by atoms with Crippen molar-refractivity contribution in [3.63, 3.8) is 0 Å². The minimum atomic E-state index is 0.480. The van der Waals surface area contributed by atoms with Crippen molar-refractivity contribution in [3.8, 4) is 5.88 Å². The van der Waals surface area contributed by atoms with E-state index in [0.717, 1.165) is 67.8 Å². The van der Waals surface area contributed by atoms with Crippen molar-refractivity contribution in [2.24, 2.45) is 0 Å². The number of aromatic nitrogens is 4. The molecule has 0 saturated carbocycles. The largest absolute Gasteiger partial charge is 0.473 e. The second-order valence-electron chi connectivity index (χ2n) is 9.21. The minimum absolute atomic E-state index is 0.480. The van der Waals surface area contributed by atoms with Crippen molar-refractivity contribution in [1.82, 2.24) is 27.3 Å². The van der Waals surface area contributed by atoms with E-state index in [-0.39, 0.29) is 0 Å². The number of rotatable bonds is 14. The topological polar surface area (TPSA) is 85.7 Å². The summed E-state index contributed by atoms with van der Waals surface area (Å²) in [6.45, 7) is 11.3. The fourth-order valence-corrected chi connectivity index (χ4v) is 6.27. The molecule has 0 N–H and O–H groups in total. The van der Waals surface area contributed by atoms with E-state index in [1.165, 1.54) is 47.4 Å². The molecule has 0 saturated heterocycles. The van der Waals surface area contributed by atoms with Gasteiger partial charge in [-0.3, -0.25) is 0 Å². The lowest BCUT2D eigenvalue weighted by Crippen LogP contribution is -2.25. The van der Waals surface area contributed by atoms with Crippen LogP contribution in [0.2, 0.25) is 0 Å². The first-order chi connectivity index (χ1) is 18.6. The summed E-state index contributed by atoms with van der Waals surface area (Å²) in [6.07, 6.45) is 9.21. The van der Waals surface area contributed by atoms with Crippen LogP contribution < -0.4 is 4.74 Å². The van der Waals surface area contributed by atoms with Gasteiger partial charge < -0.3 is 24.0 Å². The van der Waals surface area contributed by atoms with Gasteiger partial charge in [-0.1, -0.05) is 25.5 Å². The third-order valence-corrected chi connectivity index (χ3v) is 8.19. The molecule has 0 atom stereocenters. The molecule has 212 valence electrons. The minimum Gasteiger partial charge on any atom is -0.473 e. The summed E-state index contributed by atoms with van der Waals surface area (Å²) in [5.74, 6) is 1.77. The number of ether oxygens (including phenoxy) is 3. The normalized spacial score (nSPS) is 16.5. The van der Waals surface area contributed by atoms with Crippen LogP contribution in [0.15, 0.2) is 17.2 Å². The first-order valence-electron chi connectivity index (χ1n) is 13.4. The van der Waals surface area contributed by atoms with Gasteiger partial charge in [0, 0.05) is 32.8 Å². The molecule has 38 heavy (non-hydrogen) atoms. The van der Waals surface area contributed by atoms with E-state index in [0.29, 0.717) is 32.3 Å². The lowest BCUT2D eigenvalue weighted by atomic mass is 10.1. The van der Waals surface area contributed by atoms with Crippen LogP contribution in [-0.2, 0) is 9.47 Å². The van der Waals surface area contributed by atoms with Gasteiger partial charge in [0.1, 0.15) is 23.0 Å². The highest BCUT2D eigenvalue weighted by Crippen LogP contribution is 2.29.